The van der Waals surface area contributed by atoms with Crippen LogP contribution in [0.4, 0.5) is 5.82 Å². The van der Waals surface area contributed by atoms with Crippen LogP contribution in [0.3, 0.4) is 0 Å². The zero-order valence-corrected chi connectivity index (χ0v) is 12.1. The van der Waals surface area contributed by atoms with Crippen LogP contribution in [0.1, 0.15) is 43.5 Å². The van der Waals surface area contributed by atoms with E-state index in [0.29, 0.717) is 17.6 Å². The number of hydrogen-bond acceptors (Lipinski definition) is 3. The lowest BCUT2D eigenvalue weighted by atomic mass is 10.0. The van der Waals surface area contributed by atoms with Crippen molar-refractivity contribution in [2.24, 2.45) is 0 Å². The van der Waals surface area contributed by atoms with Gasteiger partial charge in [0.25, 0.3) is 0 Å². The third-order valence-electron chi connectivity index (χ3n) is 3.43. The summed E-state index contributed by atoms with van der Waals surface area (Å²) in [7, 11) is 0. The first kappa shape index (κ1) is 13.5. The SMILES string of the molecule is CCc1c(C)nc(-c2ccc(C(C)C)cc2)nc1N. The third kappa shape index (κ3) is 2.75. The van der Waals surface area contributed by atoms with Crippen molar-refractivity contribution in [3.8, 4) is 11.4 Å². The molecule has 0 aliphatic rings. The molecule has 0 unspecified atom stereocenters. The molecule has 0 saturated carbocycles. The van der Waals surface area contributed by atoms with Crippen LogP contribution < -0.4 is 5.73 Å². The second-order valence-corrected chi connectivity index (χ2v) is 5.13. The van der Waals surface area contributed by atoms with Crippen LogP contribution in [0.5, 0.6) is 0 Å². The minimum absolute atomic E-state index is 0.532. The molecule has 0 spiro atoms. The van der Waals surface area contributed by atoms with E-state index in [1.807, 2.05) is 6.92 Å². The molecule has 0 radical (unpaired) electrons. The molecule has 1 heterocycles. The lowest BCUT2D eigenvalue weighted by Gasteiger charge is -2.10. The van der Waals surface area contributed by atoms with Gasteiger partial charge < -0.3 is 5.73 Å². The van der Waals surface area contributed by atoms with Gasteiger partial charge in [-0.15, -0.1) is 0 Å². The van der Waals surface area contributed by atoms with E-state index in [2.05, 4.69) is 55.0 Å². The Bertz CT molecular complexity index is 548. The van der Waals surface area contributed by atoms with E-state index in [-0.39, 0.29) is 0 Å². The van der Waals surface area contributed by atoms with Crippen molar-refractivity contribution in [1.29, 1.82) is 0 Å². The predicted molar refractivity (Wildman–Crippen MR) is 80.1 cm³/mol. The largest absolute Gasteiger partial charge is 0.383 e. The molecule has 0 fully saturated rings. The van der Waals surface area contributed by atoms with Crippen molar-refractivity contribution in [2.75, 3.05) is 5.73 Å². The molecule has 0 atom stereocenters. The zero-order chi connectivity index (χ0) is 14.0. The maximum Gasteiger partial charge on any atom is 0.161 e. The van der Waals surface area contributed by atoms with Crippen molar-refractivity contribution in [2.45, 2.75) is 40.0 Å². The highest BCUT2D eigenvalue weighted by molar-refractivity contribution is 5.59. The first-order valence-electron chi connectivity index (χ1n) is 6.76. The topological polar surface area (TPSA) is 51.8 Å². The molecule has 0 aliphatic carbocycles. The van der Waals surface area contributed by atoms with E-state index >= 15 is 0 Å². The Hall–Kier alpha value is -1.90. The Labute approximate surface area is 114 Å². The van der Waals surface area contributed by atoms with Crippen molar-refractivity contribution in [3.05, 3.63) is 41.1 Å². The van der Waals surface area contributed by atoms with Crippen molar-refractivity contribution in [3.63, 3.8) is 0 Å². The van der Waals surface area contributed by atoms with Crippen LogP contribution in [0, 0.1) is 6.92 Å². The van der Waals surface area contributed by atoms with Crippen LogP contribution in [-0.2, 0) is 6.42 Å². The second kappa shape index (κ2) is 5.39. The molecule has 2 aromatic rings. The Balaban J connectivity index is 2.42. The Morgan fingerprint density at radius 3 is 2.21 bits per heavy atom. The van der Waals surface area contributed by atoms with Gasteiger partial charge in [0.05, 0.1) is 0 Å². The number of nitrogen functional groups attached to an aromatic ring is 1. The first-order chi connectivity index (χ1) is 9.02. The highest BCUT2D eigenvalue weighted by Gasteiger charge is 2.09. The van der Waals surface area contributed by atoms with E-state index in [1.54, 1.807) is 0 Å². The Morgan fingerprint density at radius 2 is 1.74 bits per heavy atom. The van der Waals surface area contributed by atoms with Gasteiger partial charge in [-0.1, -0.05) is 45.0 Å². The normalized spacial score (nSPS) is 11.0. The van der Waals surface area contributed by atoms with Gasteiger partial charge in [0.1, 0.15) is 5.82 Å². The average Bonchev–Trinajstić information content (AvgIpc) is 2.38. The minimum atomic E-state index is 0.532. The average molecular weight is 255 g/mol. The van der Waals surface area contributed by atoms with Gasteiger partial charge in [-0.25, -0.2) is 9.97 Å². The molecule has 19 heavy (non-hydrogen) atoms. The lowest BCUT2D eigenvalue weighted by Crippen LogP contribution is -2.04. The van der Waals surface area contributed by atoms with Crippen LogP contribution in [0.2, 0.25) is 0 Å². The minimum Gasteiger partial charge on any atom is -0.383 e. The molecule has 0 aliphatic heterocycles. The van der Waals surface area contributed by atoms with Gasteiger partial charge in [0.2, 0.25) is 0 Å². The highest BCUT2D eigenvalue weighted by atomic mass is 15.0. The molecule has 2 rings (SSSR count). The van der Waals surface area contributed by atoms with Gasteiger partial charge in [0, 0.05) is 16.8 Å². The van der Waals surface area contributed by atoms with Crippen LogP contribution >= 0.6 is 0 Å². The van der Waals surface area contributed by atoms with Crippen molar-refractivity contribution >= 4 is 5.82 Å². The maximum absolute atomic E-state index is 6.00. The lowest BCUT2D eigenvalue weighted by molar-refractivity contribution is 0.866. The Morgan fingerprint density at radius 1 is 1.11 bits per heavy atom. The molecular weight excluding hydrogens is 234 g/mol. The number of anilines is 1. The number of aromatic nitrogens is 2. The van der Waals surface area contributed by atoms with Crippen molar-refractivity contribution in [1.82, 2.24) is 9.97 Å². The summed E-state index contributed by atoms with van der Waals surface area (Å²) >= 11 is 0. The molecule has 0 saturated heterocycles. The summed E-state index contributed by atoms with van der Waals surface area (Å²) in [5.74, 6) is 1.84. The van der Waals surface area contributed by atoms with Crippen LogP contribution in [0.15, 0.2) is 24.3 Å². The monoisotopic (exact) mass is 255 g/mol. The fourth-order valence-corrected chi connectivity index (χ4v) is 2.20. The van der Waals surface area contributed by atoms with E-state index < -0.39 is 0 Å². The van der Waals surface area contributed by atoms with E-state index in [9.17, 15) is 0 Å². The van der Waals surface area contributed by atoms with E-state index in [1.165, 1.54) is 5.56 Å². The van der Waals surface area contributed by atoms with E-state index in [0.717, 1.165) is 23.2 Å². The fraction of sp³-hybridized carbons (Fsp3) is 0.375. The summed E-state index contributed by atoms with van der Waals surface area (Å²) in [6.07, 6.45) is 0.865. The Kier molecular flexibility index (Phi) is 3.84. The number of hydrogen-bond donors (Lipinski definition) is 1. The number of rotatable bonds is 3. The summed E-state index contributed by atoms with van der Waals surface area (Å²) in [4.78, 5) is 8.97. The second-order valence-electron chi connectivity index (χ2n) is 5.13. The molecule has 0 amide bonds. The number of aryl methyl sites for hydroxylation is 1. The van der Waals surface area contributed by atoms with E-state index in [4.69, 9.17) is 5.73 Å². The smallest absolute Gasteiger partial charge is 0.161 e. The first-order valence-corrected chi connectivity index (χ1v) is 6.76. The summed E-state index contributed by atoms with van der Waals surface area (Å²) in [5.41, 5.74) is 10.3. The summed E-state index contributed by atoms with van der Waals surface area (Å²) in [6, 6.07) is 8.38. The van der Waals surface area contributed by atoms with Gasteiger partial charge in [0.15, 0.2) is 5.82 Å². The molecule has 1 aromatic carbocycles. The summed E-state index contributed by atoms with van der Waals surface area (Å²) in [6.45, 7) is 8.43. The molecule has 3 heteroatoms. The van der Waals surface area contributed by atoms with Gasteiger partial charge >= 0.3 is 0 Å². The van der Waals surface area contributed by atoms with Crippen LogP contribution in [-0.4, -0.2) is 9.97 Å². The molecule has 2 N–H and O–H groups in total. The molecule has 1 aromatic heterocycles. The molecule has 0 bridgehead atoms. The van der Waals surface area contributed by atoms with Crippen LogP contribution in [0.25, 0.3) is 11.4 Å². The third-order valence-corrected chi connectivity index (χ3v) is 3.43. The van der Waals surface area contributed by atoms with Gasteiger partial charge in [-0.2, -0.15) is 0 Å². The van der Waals surface area contributed by atoms with Gasteiger partial charge in [-0.3, -0.25) is 0 Å². The highest BCUT2D eigenvalue weighted by Crippen LogP contribution is 2.23. The number of nitrogens with zero attached hydrogens (tertiary/aromatic N) is 2. The quantitative estimate of drug-likeness (QED) is 0.909. The standard InChI is InChI=1S/C16H21N3/c1-5-14-11(4)18-16(19-15(14)17)13-8-6-12(7-9-13)10(2)3/h6-10H,5H2,1-4H3,(H2,17,18,19). The molecule has 3 nitrogen and oxygen atoms in total. The maximum atomic E-state index is 6.00. The van der Waals surface area contributed by atoms with Crippen molar-refractivity contribution < 1.29 is 0 Å². The number of benzene rings is 1. The predicted octanol–water partition coefficient (Wildman–Crippen LogP) is 3.72. The fourth-order valence-electron chi connectivity index (χ4n) is 2.20. The molecular formula is C16H21N3. The number of nitrogens with two attached hydrogens (primary N) is 1. The summed E-state index contributed by atoms with van der Waals surface area (Å²) < 4.78 is 0. The molecule has 100 valence electrons. The zero-order valence-electron chi connectivity index (χ0n) is 12.1. The summed E-state index contributed by atoms with van der Waals surface area (Å²) in [5, 5.41) is 0. The van der Waals surface area contributed by atoms with Gasteiger partial charge in [-0.05, 0) is 24.8 Å².